The zero-order chi connectivity index (χ0) is 15.0. The fraction of sp³-hybridized carbons (Fsp3) is 0.533. The van der Waals surface area contributed by atoms with Gasteiger partial charge < -0.3 is 10.1 Å². The van der Waals surface area contributed by atoms with Gasteiger partial charge in [-0.3, -0.25) is 9.28 Å². The minimum atomic E-state index is -0.475. The fourth-order valence-electron chi connectivity index (χ4n) is 1.71. The summed E-state index contributed by atoms with van der Waals surface area (Å²) in [7, 11) is 5.25. The minimum Gasteiger partial charge on any atom is -0.459 e. The van der Waals surface area contributed by atoms with Crippen molar-refractivity contribution in [2.45, 2.75) is 12.5 Å². The Morgan fingerprint density at radius 1 is 1.35 bits per heavy atom. The van der Waals surface area contributed by atoms with Gasteiger partial charge in [0.05, 0.1) is 14.1 Å². The van der Waals surface area contributed by atoms with Crippen LogP contribution in [0, 0.1) is 0 Å². The Labute approximate surface area is 120 Å². The predicted molar refractivity (Wildman–Crippen MR) is 76.9 cm³/mol. The Balaban J connectivity index is 2.43. The summed E-state index contributed by atoms with van der Waals surface area (Å²) < 4.78 is 18.0. The summed E-state index contributed by atoms with van der Waals surface area (Å²) in [6.07, 6.45) is 0.581. The molecule has 20 heavy (non-hydrogen) atoms. The van der Waals surface area contributed by atoms with Crippen LogP contribution in [0.25, 0.3) is 0 Å². The SMILES string of the molecule is CN[C@@H](Cc1ccccc1)C(=O)OCC[N+](C)(C)CF. The first-order valence-corrected chi connectivity index (χ1v) is 6.74. The lowest BCUT2D eigenvalue weighted by Gasteiger charge is -2.25. The molecule has 0 aliphatic rings. The van der Waals surface area contributed by atoms with Gasteiger partial charge in [0.25, 0.3) is 0 Å². The van der Waals surface area contributed by atoms with Crippen molar-refractivity contribution < 1.29 is 18.4 Å². The van der Waals surface area contributed by atoms with Gasteiger partial charge in [0.2, 0.25) is 6.80 Å². The van der Waals surface area contributed by atoms with Gasteiger partial charge in [-0.1, -0.05) is 30.3 Å². The number of quaternary nitrogens is 1. The van der Waals surface area contributed by atoms with Gasteiger partial charge in [-0.2, -0.15) is 4.39 Å². The number of carbonyl (C=O) groups excluding carboxylic acids is 1. The molecule has 4 nitrogen and oxygen atoms in total. The van der Waals surface area contributed by atoms with Crippen LogP contribution < -0.4 is 5.32 Å². The summed E-state index contributed by atoms with van der Waals surface area (Å²) in [5.74, 6) is -0.296. The Hall–Kier alpha value is -1.46. The fourth-order valence-corrected chi connectivity index (χ4v) is 1.71. The first kappa shape index (κ1) is 16.6. The number of ether oxygens (including phenoxy) is 1. The molecular formula is C15H24FN2O2+. The molecule has 0 aliphatic heterocycles. The van der Waals surface area contributed by atoms with E-state index in [0.717, 1.165) is 5.56 Å². The molecule has 1 aromatic carbocycles. The predicted octanol–water partition coefficient (Wildman–Crippen LogP) is 1.36. The van der Waals surface area contributed by atoms with Crippen molar-refractivity contribution in [3.8, 4) is 0 Å². The van der Waals surface area contributed by atoms with Crippen LogP contribution in [0.1, 0.15) is 5.56 Å². The van der Waals surface area contributed by atoms with Crippen molar-refractivity contribution in [1.82, 2.24) is 5.32 Å². The van der Waals surface area contributed by atoms with Gasteiger partial charge in [-0.05, 0) is 19.0 Å². The molecule has 0 spiro atoms. The van der Waals surface area contributed by atoms with Crippen LogP contribution in [-0.2, 0) is 16.0 Å². The van der Waals surface area contributed by atoms with Crippen LogP contribution >= 0.6 is 0 Å². The van der Waals surface area contributed by atoms with E-state index in [2.05, 4.69) is 5.32 Å². The zero-order valence-electron chi connectivity index (χ0n) is 12.4. The third-order valence-corrected chi connectivity index (χ3v) is 3.18. The summed E-state index contributed by atoms with van der Waals surface area (Å²) in [4.78, 5) is 12.0. The number of nitrogens with zero attached hydrogens (tertiary/aromatic N) is 1. The van der Waals surface area contributed by atoms with E-state index in [0.29, 0.717) is 13.0 Å². The van der Waals surface area contributed by atoms with E-state index in [4.69, 9.17) is 4.74 Å². The number of benzene rings is 1. The number of esters is 1. The van der Waals surface area contributed by atoms with Gasteiger partial charge >= 0.3 is 5.97 Å². The number of halogens is 1. The smallest absolute Gasteiger partial charge is 0.323 e. The largest absolute Gasteiger partial charge is 0.459 e. The first-order chi connectivity index (χ1) is 9.48. The lowest BCUT2D eigenvalue weighted by Crippen LogP contribution is -2.43. The molecule has 0 heterocycles. The zero-order valence-corrected chi connectivity index (χ0v) is 12.4. The lowest BCUT2D eigenvalue weighted by atomic mass is 10.1. The van der Waals surface area contributed by atoms with E-state index >= 15 is 0 Å². The third kappa shape index (κ3) is 5.67. The molecule has 0 saturated carbocycles. The maximum absolute atomic E-state index is 12.6. The van der Waals surface area contributed by atoms with Gasteiger partial charge in [-0.15, -0.1) is 0 Å². The van der Waals surface area contributed by atoms with Gasteiger partial charge in [0, 0.05) is 0 Å². The molecule has 5 heteroatoms. The van der Waals surface area contributed by atoms with Crippen LogP contribution in [0.4, 0.5) is 4.39 Å². The normalized spacial score (nSPS) is 13.0. The molecule has 1 aromatic rings. The highest BCUT2D eigenvalue weighted by Crippen LogP contribution is 2.05. The van der Waals surface area contributed by atoms with Crippen molar-refractivity contribution in [3.05, 3.63) is 35.9 Å². The standard InChI is InChI=1S/C15H24FN2O2/c1-17-14(11-13-7-5-4-6-8-13)15(19)20-10-9-18(2,3)12-16/h4-8,14,17H,9-12H2,1-3H3/q+1/t14-/m0/s1. The van der Waals surface area contributed by atoms with Crippen LogP contribution in [0.2, 0.25) is 0 Å². The highest BCUT2D eigenvalue weighted by Gasteiger charge is 2.20. The number of hydrogen-bond donors (Lipinski definition) is 1. The van der Waals surface area contributed by atoms with Crippen molar-refractivity contribution in [1.29, 1.82) is 0 Å². The Morgan fingerprint density at radius 2 is 2.00 bits per heavy atom. The summed E-state index contributed by atoms with van der Waals surface area (Å²) >= 11 is 0. The molecule has 0 saturated heterocycles. The number of rotatable bonds is 8. The molecule has 0 aliphatic carbocycles. The topological polar surface area (TPSA) is 38.3 Å². The highest BCUT2D eigenvalue weighted by atomic mass is 19.1. The molecule has 1 atom stereocenters. The van der Waals surface area contributed by atoms with Crippen LogP contribution in [0.15, 0.2) is 30.3 Å². The van der Waals surface area contributed by atoms with Gasteiger partial charge in [-0.25, -0.2) is 0 Å². The quantitative estimate of drug-likeness (QED) is 0.445. The second-order valence-corrected chi connectivity index (χ2v) is 5.48. The van der Waals surface area contributed by atoms with Crippen molar-refractivity contribution in [2.75, 3.05) is 41.1 Å². The van der Waals surface area contributed by atoms with E-state index < -0.39 is 6.80 Å². The first-order valence-electron chi connectivity index (χ1n) is 6.74. The summed E-state index contributed by atoms with van der Waals surface area (Å²) in [5, 5.41) is 2.96. The summed E-state index contributed by atoms with van der Waals surface area (Å²) in [6.45, 7) is 0.212. The van der Waals surface area contributed by atoms with Gasteiger partial charge in [0.1, 0.15) is 19.2 Å². The molecule has 1 rings (SSSR count). The maximum atomic E-state index is 12.6. The van der Waals surface area contributed by atoms with Gasteiger partial charge in [0.15, 0.2) is 0 Å². The van der Waals surface area contributed by atoms with Crippen LogP contribution in [0.3, 0.4) is 0 Å². The highest BCUT2D eigenvalue weighted by molar-refractivity contribution is 5.76. The number of alkyl halides is 1. The second-order valence-electron chi connectivity index (χ2n) is 5.48. The number of likely N-dealkylation sites (N-methyl/N-ethyl adjacent to an activating group) is 2. The Bertz CT molecular complexity index is 410. The number of nitrogens with one attached hydrogen (secondary N) is 1. The van der Waals surface area contributed by atoms with Crippen molar-refractivity contribution in [3.63, 3.8) is 0 Å². The van der Waals surface area contributed by atoms with E-state index in [1.165, 1.54) is 0 Å². The third-order valence-electron chi connectivity index (χ3n) is 3.18. The monoisotopic (exact) mass is 283 g/mol. The second kappa shape index (κ2) is 7.97. The minimum absolute atomic E-state index is 0.191. The van der Waals surface area contributed by atoms with Crippen molar-refractivity contribution >= 4 is 5.97 Å². The molecule has 112 valence electrons. The average Bonchev–Trinajstić information content (AvgIpc) is 2.45. The summed E-state index contributed by atoms with van der Waals surface area (Å²) in [5.41, 5.74) is 1.07. The molecule has 0 aromatic heterocycles. The van der Waals surface area contributed by atoms with E-state index in [1.807, 2.05) is 30.3 Å². The molecule has 0 radical (unpaired) electrons. The molecule has 0 amide bonds. The van der Waals surface area contributed by atoms with Crippen LogP contribution in [0.5, 0.6) is 0 Å². The Kier molecular flexibility index (Phi) is 6.61. The summed E-state index contributed by atoms with van der Waals surface area (Å²) in [6, 6.07) is 9.39. The molecular weight excluding hydrogens is 259 g/mol. The molecule has 0 fully saturated rings. The van der Waals surface area contributed by atoms with E-state index in [9.17, 15) is 9.18 Å². The lowest BCUT2D eigenvalue weighted by molar-refractivity contribution is -0.902. The van der Waals surface area contributed by atoms with E-state index in [1.54, 1.807) is 21.1 Å². The maximum Gasteiger partial charge on any atom is 0.323 e. The van der Waals surface area contributed by atoms with E-state index in [-0.39, 0.29) is 23.1 Å². The molecule has 0 unspecified atom stereocenters. The number of hydrogen-bond acceptors (Lipinski definition) is 3. The van der Waals surface area contributed by atoms with Crippen molar-refractivity contribution in [2.24, 2.45) is 0 Å². The average molecular weight is 283 g/mol. The van der Waals surface area contributed by atoms with Crippen LogP contribution in [-0.4, -0.2) is 57.6 Å². The Morgan fingerprint density at radius 3 is 2.55 bits per heavy atom. The number of carbonyl (C=O) groups is 1. The molecule has 0 bridgehead atoms. The molecule has 1 N–H and O–H groups in total.